The molecule has 0 radical (unpaired) electrons. The summed E-state index contributed by atoms with van der Waals surface area (Å²) >= 11 is 0. The molecule has 1 amide bonds. The molecule has 0 spiro atoms. The number of carbonyl (C=O) groups excluding carboxylic acids is 2. The second-order valence-electron chi connectivity index (χ2n) is 4.52. The van der Waals surface area contributed by atoms with E-state index in [1.54, 1.807) is 34.6 Å². The minimum absolute atomic E-state index is 0.182. The highest BCUT2D eigenvalue weighted by molar-refractivity contribution is 5.97. The zero-order valence-corrected chi connectivity index (χ0v) is 10.5. The van der Waals surface area contributed by atoms with Crippen molar-refractivity contribution in [2.75, 3.05) is 6.54 Å². The number of hydrogen-bond donors (Lipinski definition) is 1. The molecule has 0 aliphatic heterocycles. The van der Waals surface area contributed by atoms with E-state index >= 15 is 0 Å². The summed E-state index contributed by atoms with van der Waals surface area (Å²) in [7, 11) is 0. The third kappa shape index (κ3) is 6.88. The fraction of sp³-hybridized carbons (Fsp3) is 0.667. The Morgan fingerprint density at radius 2 is 1.94 bits per heavy atom. The Kier molecular flexibility index (Phi) is 5.59. The molecular weight excluding hydrogens is 206 g/mol. The van der Waals surface area contributed by atoms with Crippen LogP contribution in [0.4, 0.5) is 4.79 Å². The largest absolute Gasteiger partial charge is 0.444 e. The van der Waals surface area contributed by atoms with E-state index in [0.29, 0.717) is 0 Å². The molecule has 0 aromatic carbocycles. The third-order valence-electron chi connectivity index (χ3n) is 1.65. The van der Waals surface area contributed by atoms with Crippen molar-refractivity contribution >= 4 is 11.9 Å². The van der Waals surface area contributed by atoms with Gasteiger partial charge >= 0.3 is 6.09 Å². The minimum Gasteiger partial charge on any atom is -0.444 e. The number of Topliss-reactive ketones (excluding diaryl/α,β-unsaturated/α-hetero) is 1. The van der Waals surface area contributed by atoms with Crippen LogP contribution in [0.15, 0.2) is 0 Å². The van der Waals surface area contributed by atoms with Crippen molar-refractivity contribution in [3.05, 3.63) is 0 Å². The van der Waals surface area contributed by atoms with Crippen LogP contribution in [0.5, 0.6) is 0 Å². The van der Waals surface area contributed by atoms with Gasteiger partial charge in [0, 0.05) is 12.5 Å². The molecule has 90 valence electrons. The van der Waals surface area contributed by atoms with Gasteiger partial charge in [-0.05, 0) is 33.6 Å². The predicted molar refractivity (Wildman–Crippen MR) is 61.9 cm³/mol. The fourth-order valence-electron chi connectivity index (χ4n) is 0.890. The molecule has 0 bridgehead atoms. The monoisotopic (exact) mass is 225 g/mol. The first kappa shape index (κ1) is 14.5. The fourth-order valence-corrected chi connectivity index (χ4v) is 0.890. The Morgan fingerprint density at radius 3 is 2.38 bits per heavy atom. The van der Waals surface area contributed by atoms with Crippen LogP contribution in [-0.4, -0.2) is 24.0 Å². The normalized spacial score (nSPS) is 12.1. The molecule has 16 heavy (non-hydrogen) atoms. The second kappa shape index (κ2) is 6.16. The molecule has 0 fully saturated rings. The Labute approximate surface area is 96.7 Å². The van der Waals surface area contributed by atoms with Gasteiger partial charge in [0.1, 0.15) is 5.60 Å². The average Bonchev–Trinajstić information content (AvgIpc) is 2.11. The van der Waals surface area contributed by atoms with Crippen LogP contribution >= 0.6 is 0 Å². The number of nitrogens with one attached hydrogen (secondary N) is 1. The first-order chi connectivity index (χ1) is 7.26. The van der Waals surface area contributed by atoms with Gasteiger partial charge in [0.25, 0.3) is 0 Å². The number of ether oxygens (including phenoxy) is 1. The van der Waals surface area contributed by atoms with Crippen LogP contribution in [0.1, 0.15) is 34.6 Å². The topological polar surface area (TPSA) is 55.4 Å². The molecule has 0 saturated heterocycles. The van der Waals surface area contributed by atoms with Crippen LogP contribution < -0.4 is 5.32 Å². The number of alkyl carbamates (subject to hydrolysis) is 1. The molecular formula is C12H19NO3. The maximum Gasteiger partial charge on any atom is 0.407 e. The lowest BCUT2D eigenvalue weighted by Crippen LogP contribution is -2.36. The molecule has 1 N–H and O–H groups in total. The highest BCUT2D eigenvalue weighted by atomic mass is 16.6. The molecule has 4 heteroatoms. The quantitative estimate of drug-likeness (QED) is 0.588. The smallest absolute Gasteiger partial charge is 0.407 e. The zero-order valence-electron chi connectivity index (χ0n) is 10.5. The van der Waals surface area contributed by atoms with Gasteiger partial charge in [-0.1, -0.05) is 12.8 Å². The minimum atomic E-state index is -0.527. The Bertz CT molecular complexity index is 317. The van der Waals surface area contributed by atoms with E-state index in [2.05, 4.69) is 17.2 Å². The molecule has 0 aromatic rings. The highest BCUT2D eigenvalue weighted by Crippen LogP contribution is 2.06. The number of amides is 1. The lowest BCUT2D eigenvalue weighted by Gasteiger charge is -2.20. The highest BCUT2D eigenvalue weighted by Gasteiger charge is 2.17. The lowest BCUT2D eigenvalue weighted by atomic mass is 10.1. The number of hydrogen-bond acceptors (Lipinski definition) is 3. The van der Waals surface area contributed by atoms with E-state index < -0.39 is 11.7 Å². The van der Waals surface area contributed by atoms with Crippen molar-refractivity contribution in [3.8, 4) is 11.8 Å². The summed E-state index contributed by atoms with van der Waals surface area (Å²) in [5, 5.41) is 2.53. The molecule has 0 unspecified atom stereocenters. The van der Waals surface area contributed by atoms with E-state index in [9.17, 15) is 9.59 Å². The molecule has 0 saturated carbocycles. The Hall–Kier alpha value is -1.50. The molecule has 0 rings (SSSR count). The summed E-state index contributed by atoms with van der Waals surface area (Å²) in [6.45, 7) is 8.90. The van der Waals surface area contributed by atoms with Crippen LogP contribution in [0, 0.1) is 17.8 Å². The van der Waals surface area contributed by atoms with Gasteiger partial charge in [-0.15, -0.1) is 0 Å². The molecule has 0 aliphatic carbocycles. The molecule has 1 atom stereocenters. The van der Waals surface area contributed by atoms with Gasteiger partial charge < -0.3 is 10.1 Å². The first-order valence-electron chi connectivity index (χ1n) is 5.19. The second-order valence-corrected chi connectivity index (χ2v) is 4.52. The summed E-state index contributed by atoms with van der Waals surface area (Å²) in [5.74, 6) is 4.47. The SMILES string of the molecule is CC#CC(=O)[C@H](C)CNC(=O)OC(C)(C)C. The molecule has 4 nitrogen and oxygen atoms in total. The standard InChI is InChI=1S/C12H19NO3/c1-6-7-10(14)9(2)8-13-11(15)16-12(3,4)5/h9H,8H2,1-5H3,(H,13,15)/t9-/m1/s1. The molecule has 0 heterocycles. The summed E-state index contributed by atoms with van der Waals surface area (Å²) in [6, 6.07) is 0. The van der Waals surface area contributed by atoms with E-state index in [4.69, 9.17) is 4.74 Å². The van der Waals surface area contributed by atoms with Crippen LogP contribution in [0.3, 0.4) is 0 Å². The van der Waals surface area contributed by atoms with E-state index in [1.165, 1.54) is 0 Å². The van der Waals surface area contributed by atoms with E-state index in [1.807, 2.05) is 0 Å². The van der Waals surface area contributed by atoms with E-state index in [0.717, 1.165) is 0 Å². The number of ketones is 1. The maximum atomic E-state index is 11.3. The third-order valence-corrected chi connectivity index (χ3v) is 1.65. The number of rotatable bonds is 3. The van der Waals surface area contributed by atoms with E-state index in [-0.39, 0.29) is 18.2 Å². The van der Waals surface area contributed by atoms with Crippen molar-refractivity contribution in [1.82, 2.24) is 5.32 Å². The van der Waals surface area contributed by atoms with Crippen molar-refractivity contribution < 1.29 is 14.3 Å². The summed E-state index contributed by atoms with van der Waals surface area (Å²) < 4.78 is 5.03. The van der Waals surface area contributed by atoms with Crippen LogP contribution in [0.2, 0.25) is 0 Å². The van der Waals surface area contributed by atoms with Crippen molar-refractivity contribution in [1.29, 1.82) is 0 Å². The van der Waals surface area contributed by atoms with Crippen molar-refractivity contribution in [3.63, 3.8) is 0 Å². The van der Waals surface area contributed by atoms with Gasteiger partial charge in [0.05, 0.1) is 0 Å². The van der Waals surface area contributed by atoms with Gasteiger partial charge in [-0.3, -0.25) is 4.79 Å². The Balaban J connectivity index is 4.00. The average molecular weight is 225 g/mol. The molecule has 0 aliphatic rings. The molecule has 0 aromatic heterocycles. The maximum absolute atomic E-state index is 11.3. The van der Waals surface area contributed by atoms with Gasteiger partial charge in [-0.2, -0.15) is 0 Å². The van der Waals surface area contributed by atoms with Gasteiger partial charge in [0.15, 0.2) is 0 Å². The van der Waals surface area contributed by atoms with Crippen LogP contribution in [-0.2, 0) is 9.53 Å². The van der Waals surface area contributed by atoms with Gasteiger partial charge in [-0.25, -0.2) is 4.79 Å². The summed E-state index contributed by atoms with van der Waals surface area (Å²) in [4.78, 5) is 22.5. The summed E-state index contributed by atoms with van der Waals surface area (Å²) in [5.41, 5.74) is -0.527. The lowest BCUT2D eigenvalue weighted by molar-refractivity contribution is -0.116. The number of carbonyl (C=O) groups is 2. The van der Waals surface area contributed by atoms with Crippen LogP contribution in [0.25, 0.3) is 0 Å². The predicted octanol–water partition coefficient (Wildman–Crippen LogP) is 1.74. The summed E-state index contributed by atoms with van der Waals surface area (Å²) in [6.07, 6.45) is -0.517. The van der Waals surface area contributed by atoms with Gasteiger partial charge in [0.2, 0.25) is 5.78 Å². The first-order valence-corrected chi connectivity index (χ1v) is 5.19. The van der Waals surface area contributed by atoms with Crippen molar-refractivity contribution in [2.24, 2.45) is 5.92 Å². The van der Waals surface area contributed by atoms with Crippen molar-refractivity contribution in [2.45, 2.75) is 40.2 Å². The zero-order chi connectivity index (χ0) is 12.8. The Morgan fingerprint density at radius 1 is 1.38 bits per heavy atom.